The number of hydrogen-bond acceptors (Lipinski definition) is 8. The van der Waals surface area contributed by atoms with Gasteiger partial charge in [-0.05, 0) is 12.1 Å². The van der Waals surface area contributed by atoms with Gasteiger partial charge in [0.25, 0.3) is 0 Å². The Balaban J connectivity index is 2.18. The number of anilines is 3. The van der Waals surface area contributed by atoms with E-state index in [1.807, 2.05) is 0 Å². The van der Waals surface area contributed by atoms with Crippen LogP contribution in [-0.2, 0) is 10.0 Å². The molecule has 0 saturated heterocycles. The van der Waals surface area contributed by atoms with Crippen molar-refractivity contribution in [2.75, 3.05) is 31.4 Å². The topological polar surface area (TPSA) is 112 Å². The van der Waals surface area contributed by atoms with Crippen LogP contribution in [0.4, 0.5) is 30.5 Å². The Labute approximate surface area is 175 Å². The fraction of sp³-hybridized carbons (Fsp3) is 0.222. The molecule has 1 heterocycles. The summed E-state index contributed by atoms with van der Waals surface area (Å²) in [6.07, 6.45) is 0. The van der Waals surface area contributed by atoms with Crippen LogP contribution in [-0.4, -0.2) is 45.2 Å². The highest BCUT2D eigenvalue weighted by Crippen LogP contribution is 2.41. The predicted molar refractivity (Wildman–Crippen MR) is 108 cm³/mol. The summed E-state index contributed by atoms with van der Waals surface area (Å²) >= 11 is 0. The van der Waals surface area contributed by atoms with Gasteiger partial charge in [-0.1, -0.05) is 12.1 Å². The molecule has 0 aliphatic rings. The monoisotopic (exact) mass is 458 g/mol. The van der Waals surface area contributed by atoms with E-state index in [9.17, 15) is 21.6 Å². The van der Waals surface area contributed by atoms with E-state index in [2.05, 4.69) is 15.3 Å². The minimum absolute atomic E-state index is 0.183. The third kappa shape index (κ3) is 4.50. The maximum Gasteiger partial charge on any atom is 0.516 e. The van der Waals surface area contributed by atoms with Crippen molar-refractivity contribution in [1.82, 2.24) is 9.97 Å². The molecule has 0 radical (unpaired) electrons. The Hall–Kier alpha value is -3.48. The third-order valence-electron chi connectivity index (χ3n) is 4.05. The highest BCUT2D eigenvalue weighted by atomic mass is 32.2. The van der Waals surface area contributed by atoms with Crippen LogP contribution in [0.5, 0.6) is 17.2 Å². The Morgan fingerprint density at radius 1 is 0.903 bits per heavy atom. The van der Waals surface area contributed by atoms with Crippen molar-refractivity contribution >= 4 is 38.4 Å². The number of alkyl halides is 3. The number of para-hydroxylation sites is 2. The lowest BCUT2D eigenvalue weighted by atomic mass is 10.2. The second-order valence-corrected chi connectivity index (χ2v) is 7.67. The van der Waals surface area contributed by atoms with E-state index < -0.39 is 21.3 Å². The molecule has 13 heteroatoms. The number of rotatable bonds is 7. The molecule has 0 aliphatic carbocycles. The largest absolute Gasteiger partial charge is 0.516 e. The van der Waals surface area contributed by atoms with Crippen LogP contribution in [0.15, 0.2) is 36.4 Å². The summed E-state index contributed by atoms with van der Waals surface area (Å²) < 4.78 is 79.4. The number of ether oxygens (including phenoxy) is 3. The molecule has 1 aromatic heterocycles. The van der Waals surface area contributed by atoms with Crippen LogP contribution in [0.25, 0.3) is 11.0 Å². The molecule has 9 nitrogen and oxygen atoms in total. The number of hydrogen-bond donors (Lipinski definition) is 2. The van der Waals surface area contributed by atoms with Crippen LogP contribution < -0.4 is 24.2 Å². The van der Waals surface area contributed by atoms with Gasteiger partial charge in [-0.3, -0.25) is 4.72 Å². The second-order valence-electron chi connectivity index (χ2n) is 6.00. The minimum atomic E-state index is -5.75. The Bertz CT molecular complexity index is 1220. The molecular weight excluding hydrogens is 441 g/mol. The quantitative estimate of drug-likeness (QED) is 0.552. The fourth-order valence-electron chi connectivity index (χ4n) is 2.62. The molecule has 0 bridgehead atoms. The van der Waals surface area contributed by atoms with Gasteiger partial charge >= 0.3 is 15.5 Å². The number of nitrogens with one attached hydrogen (secondary N) is 2. The maximum absolute atomic E-state index is 12.9. The van der Waals surface area contributed by atoms with Gasteiger partial charge in [-0.15, -0.1) is 0 Å². The average molecular weight is 458 g/mol. The smallest absolute Gasteiger partial charge is 0.497 e. The van der Waals surface area contributed by atoms with E-state index in [4.69, 9.17) is 14.2 Å². The van der Waals surface area contributed by atoms with Gasteiger partial charge in [-0.2, -0.15) is 21.6 Å². The van der Waals surface area contributed by atoms with Crippen LogP contribution in [0.2, 0.25) is 0 Å². The summed E-state index contributed by atoms with van der Waals surface area (Å²) in [7, 11) is -1.60. The molecule has 0 fully saturated rings. The Morgan fingerprint density at radius 3 is 2.03 bits per heavy atom. The van der Waals surface area contributed by atoms with Crippen molar-refractivity contribution in [3.05, 3.63) is 36.4 Å². The molecule has 0 amide bonds. The summed E-state index contributed by atoms with van der Waals surface area (Å²) in [6, 6.07) is 9.28. The summed E-state index contributed by atoms with van der Waals surface area (Å²) in [5.74, 6) is -0.162. The molecule has 2 N–H and O–H groups in total. The first-order chi connectivity index (χ1) is 14.6. The molecule has 0 saturated carbocycles. The van der Waals surface area contributed by atoms with Crippen LogP contribution in [0.1, 0.15) is 0 Å². The number of aromatic nitrogens is 2. The molecule has 0 spiro atoms. The number of fused-ring (bicyclic) bond motifs is 1. The Morgan fingerprint density at radius 2 is 1.52 bits per heavy atom. The van der Waals surface area contributed by atoms with Crippen molar-refractivity contribution in [3.63, 3.8) is 0 Å². The summed E-state index contributed by atoms with van der Waals surface area (Å²) in [4.78, 5) is 8.21. The Kier molecular flexibility index (Phi) is 5.97. The number of halogens is 3. The number of methoxy groups -OCH3 is 3. The highest BCUT2D eigenvalue weighted by Gasteiger charge is 2.46. The lowest BCUT2D eigenvalue weighted by Gasteiger charge is -2.18. The van der Waals surface area contributed by atoms with Crippen molar-refractivity contribution in [1.29, 1.82) is 0 Å². The zero-order chi connectivity index (χ0) is 22.8. The number of nitrogens with zero attached hydrogens (tertiary/aromatic N) is 2. The van der Waals surface area contributed by atoms with E-state index in [0.717, 1.165) is 0 Å². The van der Waals surface area contributed by atoms with Crippen LogP contribution >= 0.6 is 0 Å². The second kappa shape index (κ2) is 8.34. The first-order valence-corrected chi connectivity index (χ1v) is 10.0. The molecule has 0 unspecified atom stereocenters. The van der Waals surface area contributed by atoms with Gasteiger partial charge in [0.1, 0.15) is 5.75 Å². The van der Waals surface area contributed by atoms with Crippen LogP contribution in [0.3, 0.4) is 0 Å². The average Bonchev–Trinajstić information content (AvgIpc) is 2.72. The van der Waals surface area contributed by atoms with E-state index in [0.29, 0.717) is 11.3 Å². The molecule has 166 valence electrons. The van der Waals surface area contributed by atoms with Gasteiger partial charge < -0.3 is 19.5 Å². The van der Waals surface area contributed by atoms with Crippen LogP contribution in [0, 0.1) is 0 Å². The lowest BCUT2D eigenvalue weighted by Crippen LogP contribution is -2.30. The zero-order valence-electron chi connectivity index (χ0n) is 16.4. The summed E-state index contributed by atoms with van der Waals surface area (Å²) in [5, 5.41) is 2.75. The fourth-order valence-corrected chi connectivity index (χ4v) is 3.13. The lowest BCUT2D eigenvalue weighted by molar-refractivity contribution is -0.0429. The van der Waals surface area contributed by atoms with Crippen molar-refractivity contribution in [2.24, 2.45) is 0 Å². The van der Waals surface area contributed by atoms with Gasteiger partial charge in [0, 0.05) is 12.1 Å². The standard InChI is InChI=1S/C18H17F3N4O5S/c1-28-10-8-13(15(30-3)14(9-10)29-2)24-16-17(25-31(26,27)18(19,20)21)23-12-7-5-4-6-11(12)22-16/h4-9H,1-3H3,(H,22,24)(H,23,25). The van der Waals surface area contributed by atoms with E-state index >= 15 is 0 Å². The SMILES string of the molecule is COc1cc(Nc2nc3ccccc3nc2NS(=O)(=O)C(F)(F)F)c(OC)c(OC)c1. The van der Waals surface area contributed by atoms with E-state index in [-0.39, 0.29) is 28.5 Å². The normalized spacial score (nSPS) is 11.8. The third-order valence-corrected chi connectivity index (χ3v) is 5.12. The first-order valence-electron chi connectivity index (χ1n) is 8.52. The van der Waals surface area contributed by atoms with Gasteiger partial charge in [0.2, 0.25) is 0 Å². The summed E-state index contributed by atoms with van der Waals surface area (Å²) in [6.45, 7) is 0. The molecule has 31 heavy (non-hydrogen) atoms. The van der Waals surface area contributed by atoms with Gasteiger partial charge in [-0.25, -0.2) is 9.97 Å². The van der Waals surface area contributed by atoms with Crippen molar-refractivity contribution in [3.8, 4) is 17.2 Å². The molecule has 3 rings (SSSR count). The maximum atomic E-state index is 12.9. The molecule has 3 aromatic rings. The summed E-state index contributed by atoms with van der Waals surface area (Å²) in [5.41, 5.74) is -4.86. The van der Waals surface area contributed by atoms with E-state index in [1.165, 1.54) is 44.3 Å². The molecule has 0 aliphatic heterocycles. The molecular formula is C18H17F3N4O5S. The number of benzene rings is 2. The van der Waals surface area contributed by atoms with Crippen molar-refractivity contribution < 1.29 is 35.8 Å². The van der Waals surface area contributed by atoms with Crippen molar-refractivity contribution in [2.45, 2.75) is 5.51 Å². The zero-order valence-corrected chi connectivity index (χ0v) is 17.3. The predicted octanol–water partition coefficient (Wildman–Crippen LogP) is 3.66. The number of sulfonamides is 1. The molecule has 0 atom stereocenters. The van der Waals surface area contributed by atoms with E-state index in [1.54, 1.807) is 18.2 Å². The molecule has 2 aromatic carbocycles. The van der Waals surface area contributed by atoms with Gasteiger partial charge in [0.15, 0.2) is 23.1 Å². The first kappa shape index (κ1) is 22.2. The minimum Gasteiger partial charge on any atom is -0.497 e. The van der Waals surface area contributed by atoms with Gasteiger partial charge in [0.05, 0.1) is 38.1 Å². The highest BCUT2D eigenvalue weighted by molar-refractivity contribution is 7.93.